The highest BCUT2D eigenvalue weighted by atomic mass is 35.5. The maximum atomic E-state index is 12.8. The Morgan fingerprint density at radius 2 is 1.77 bits per heavy atom. The molecule has 0 aliphatic carbocycles. The molecule has 1 N–H and O–H groups in total. The molecule has 0 aromatic heterocycles. The molecule has 1 unspecified atom stereocenters. The molecule has 31 heavy (non-hydrogen) atoms. The molecule has 0 saturated heterocycles. The van der Waals surface area contributed by atoms with Gasteiger partial charge in [0.2, 0.25) is 0 Å². The molecule has 2 aromatic rings. The predicted molar refractivity (Wildman–Crippen MR) is 126 cm³/mol. The van der Waals surface area contributed by atoms with Crippen LogP contribution >= 0.6 is 23.4 Å². The Bertz CT molecular complexity index is 1160. The number of carbonyl (C=O) groups is 2. The standard InChI is InChI=1S/C25H23ClN2O2S/c1-14-5-6-19(11-15(14)2)22(30)13-31-25-21(12-27)24(18-7-9-20(26)10-8-18)23(17(4)29)16(3)28-25/h5-11,24,28H,13H2,1-4H3. The van der Waals surface area contributed by atoms with Gasteiger partial charge < -0.3 is 5.32 Å². The van der Waals surface area contributed by atoms with Gasteiger partial charge in [-0.2, -0.15) is 5.26 Å². The number of ketones is 2. The van der Waals surface area contributed by atoms with E-state index in [4.69, 9.17) is 11.6 Å². The Kier molecular flexibility index (Phi) is 7.04. The minimum atomic E-state index is -0.500. The van der Waals surface area contributed by atoms with Crippen LogP contribution in [-0.2, 0) is 4.79 Å². The number of nitrogens with one attached hydrogen (secondary N) is 1. The van der Waals surface area contributed by atoms with Crippen molar-refractivity contribution in [3.05, 3.63) is 91.6 Å². The smallest absolute Gasteiger partial charge is 0.173 e. The third-order valence-corrected chi connectivity index (χ3v) is 6.68. The molecule has 4 nitrogen and oxygen atoms in total. The van der Waals surface area contributed by atoms with Gasteiger partial charge in [0.15, 0.2) is 11.6 Å². The van der Waals surface area contributed by atoms with Crippen molar-refractivity contribution in [2.45, 2.75) is 33.6 Å². The van der Waals surface area contributed by atoms with Gasteiger partial charge in [-0.15, -0.1) is 0 Å². The van der Waals surface area contributed by atoms with Crippen LogP contribution in [0.2, 0.25) is 5.02 Å². The highest BCUT2D eigenvalue weighted by molar-refractivity contribution is 8.03. The molecule has 0 bridgehead atoms. The molecule has 158 valence electrons. The van der Waals surface area contributed by atoms with Crippen LogP contribution in [0.25, 0.3) is 0 Å². The summed E-state index contributed by atoms with van der Waals surface area (Å²) in [4.78, 5) is 25.2. The number of nitriles is 1. The summed E-state index contributed by atoms with van der Waals surface area (Å²) < 4.78 is 0. The second-order valence-electron chi connectivity index (χ2n) is 7.57. The van der Waals surface area contributed by atoms with Crippen LogP contribution in [0.4, 0.5) is 0 Å². The number of Topliss-reactive ketones (excluding diaryl/α,β-unsaturated/α-hetero) is 2. The topological polar surface area (TPSA) is 70.0 Å². The van der Waals surface area contributed by atoms with Crippen molar-refractivity contribution >= 4 is 34.9 Å². The molecule has 6 heteroatoms. The number of aryl methyl sites for hydroxylation is 2. The summed E-state index contributed by atoms with van der Waals surface area (Å²) in [5.74, 6) is -0.429. The van der Waals surface area contributed by atoms with Crippen molar-refractivity contribution in [1.29, 1.82) is 5.26 Å². The van der Waals surface area contributed by atoms with E-state index in [9.17, 15) is 14.9 Å². The molecule has 1 aliphatic rings. The van der Waals surface area contributed by atoms with Crippen molar-refractivity contribution in [3.63, 3.8) is 0 Å². The van der Waals surface area contributed by atoms with Gasteiger partial charge in [0.25, 0.3) is 0 Å². The molecular weight excluding hydrogens is 428 g/mol. The van der Waals surface area contributed by atoms with Crippen molar-refractivity contribution in [3.8, 4) is 6.07 Å². The lowest BCUT2D eigenvalue weighted by atomic mass is 9.81. The van der Waals surface area contributed by atoms with E-state index in [1.807, 2.05) is 51.1 Å². The van der Waals surface area contributed by atoms with Crippen LogP contribution in [0.15, 0.2) is 64.3 Å². The zero-order chi connectivity index (χ0) is 22.7. The minimum Gasteiger partial charge on any atom is -0.353 e. The number of hydrogen-bond donors (Lipinski definition) is 1. The summed E-state index contributed by atoms with van der Waals surface area (Å²) in [5, 5.41) is 14.3. The van der Waals surface area contributed by atoms with Crippen LogP contribution in [-0.4, -0.2) is 17.3 Å². The van der Waals surface area contributed by atoms with E-state index in [0.29, 0.717) is 32.5 Å². The number of benzene rings is 2. The second-order valence-corrected chi connectivity index (χ2v) is 8.99. The Morgan fingerprint density at radius 1 is 1.10 bits per heavy atom. The van der Waals surface area contributed by atoms with E-state index in [0.717, 1.165) is 16.7 Å². The molecular formula is C25H23ClN2O2S. The van der Waals surface area contributed by atoms with Crippen molar-refractivity contribution in [2.24, 2.45) is 0 Å². The largest absolute Gasteiger partial charge is 0.353 e. The van der Waals surface area contributed by atoms with E-state index >= 15 is 0 Å². The molecule has 0 radical (unpaired) electrons. The van der Waals surface area contributed by atoms with Gasteiger partial charge in [-0.05, 0) is 62.6 Å². The van der Waals surface area contributed by atoms with Gasteiger partial charge in [0.1, 0.15) is 0 Å². The zero-order valence-electron chi connectivity index (χ0n) is 17.9. The maximum absolute atomic E-state index is 12.8. The normalized spacial score (nSPS) is 16.1. The van der Waals surface area contributed by atoms with Gasteiger partial charge in [-0.1, -0.05) is 47.6 Å². The summed E-state index contributed by atoms with van der Waals surface area (Å²) >= 11 is 7.32. The van der Waals surface area contributed by atoms with E-state index in [2.05, 4.69) is 11.4 Å². The first-order valence-electron chi connectivity index (χ1n) is 9.84. The van der Waals surface area contributed by atoms with Crippen LogP contribution in [0.3, 0.4) is 0 Å². The van der Waals surface area contributed by atoms with Crippen LogP contribution in [0, 0.1) is 25.2 Å². The summed E-state index contributed by atoms with van der Waals surface area (Å²) in [6.45, 7) is 7.30. The lowest BCUT2D eigenvalue weighted by Gasteiger charge is -2.29. The highest BCUT2D eigenvalue weighted by Crippen LogP contribution is 2.41. The van der Waals surface area contributed by atoms with Gasteiger partial charge in [-0.3, -0.25) is 9.59 Å². The molecule has 1 heterocycles. The maximum Gasteiger partial charge on any atom is 0.173 e. The summed E-state index contributed by atoms with van der Waals surface area (Å²) in [7, 11) is 0. The molecule has 1 aliphatic heterocycles. The summed E-state index contributed by atoms with van der Waals surface area (Å²) in [6, 6.07) is 15.1. The molecule has 2 aromatic carbocycles. The fourth-order valence-electron chi connectivity index (χ4n) is 3.62. The third-order valence-electron chi connectivity index (χ3n) is 5.41. The van der Waals surface area contributed by atoms with Crippen LogP contribution < -0.4 is 5.32 Å². The molecule has 0 amide bonds. The fourth-order valence-corrected chi connectivity index (χ4v) is 4.73. The van der Waals surface area contributed by atoms with Crippen molar-refractivity contribution in [1.82, 2.24) is 5.32 Å². The van der Waals surface area contributed by atoms with Crippen molar-refractivity contribution in [2.75, 3.05) is 5.75 Å². The molecule has 0 spiro atoms. The van der Waals surface area contributed by atoms with E-state index < -0.39 is 5.92 Å². The number of halogens is 1. The lowest BCUT2D eigenvalue weighted by molar-refractivity contribution is -0.113. The highest BCUT2D eigenvalue weighted by Gasteiger charge is 2.33. The zero-order valence-corrected chi connectivity index (χ0v) is 19.4. The summed E-state index contributed by atoms with van der Waals surface area (Å²) in [6.07, 6.45) is 0. The second kappa shape index (κ2) is 9.55. The SMILES string of the molecule is CC(=O)C1=C(C)NC(SCC(=O)c2ccc(C)c(C)c2)=C(C#N)C1c1ccc(Cl)cc1. The first-order chi connectivity index (χ1) is 14.7. The third kappa shape index (κ3) is 4.92. The minimum absolute atomic E-state index is 0.0123. The first-order valence-corrected chi connectivity index (χ1v) is 11.2. The Hall–Kier alpha value is -2.81. The van der Waals surface area contributed by atoms with Gasteiger partial charge in [0.05, 0.1) is 28.3 Å². The van der Waals surface area contributed by atoms with E-state index in [1.54, 1.807) is 12.1 Å². The Labute approximate surface area is 192 Å². The molecule has 3 rings (SSSR count). The Morgan fingerprint density at radius 3 is 2.35 bits per heavy atom. The molecule has 1 atom stereocenters. The summed E-state index contributed by atoms with van der Waals surface area (Å²) in [5.41, 5.74) is 5.32. The number of allylic oxidation sites excluding steroid dienone is 3. The lowest BCUT2D eigenvalue weighted by Crippen LogP contribution is -2.27. The van der Waals surface area contributed by atoms with Gasteiger partial charge in [0, 0.05) is 21.9 Å². The quantitative estimate of drug-likeness (QED) is 0.558. The number of rotatable bonds is 6. The van der Waals surface area contributed by atoms with Gasteiger partial charge >= 0.3 is 0 Å². The number of dihydropyridines is 1. The van der Waals surface area contributed by atoms with E-state index in [-0.39, 0.29) is 17.3 Å². The first kappa shape index (κ1) is 22.9. The average molecular weight is 451 g/mol. The van der Waals surface area contributed by atoms with Gasteiger partial charge in [-0.25, -0.2) is 0 Å². The number of carbonyl (C=O) groups excluding carboxylic acids is 2. The molecule has 0 saturated carbocycles. The fraction of sp³-hybridized carbons (Fsp3) is 0.240. The van der Waals surface area contributed by atoms with E-state index in [1.165, 1.54) is 18.7 Å². The van der Waals surface area contributed by atoms with Crippen molar-refractivity contribution < 1.29 is 9.59 Å². The monoisotopic (exact) mass is 450 g/mol. The van der Waals surface area contributed by atoms with Crippen LogP contribution in [0.5, 0.6) is 0 Å². The number of thioether (sulfide) groups is 1. The van der Waals surface area contributed by atoms with Crippen LogP contribution in [0.1, 0.15) is 46.8 Å². The number of hydrogen-bond acceptors (Lipinski definition) is 5. The number of nitrogens with zero attached hydrogens (tertiary/aromatic N) is 1. The predicted octanol–water partition coefficient (Wildman–Crippen LogP) is 5.86. The molecule has 0 fully saturated rings. The average Bonchev–Trinajstić information content (AvgIpc) is 2.73. The Balaban J connectivity index is 1.94.